The molecule has 0 saturated carbocycles. The van der Waals surface area contributed by atoms with Gasteiger partial charge in [-0.3, -0.25) is 9.59 Å². The van der Waals surface area contributed by atoms with Crippen LogP contribution in [0.5, 0.6) is 5.75 Å². The lowest BCUT2D eigenvalue weighted by molar-refractivity contribution is 0.100. The zero-order chi connectivity index (χ0) is 21.6. The minimum Gasteiger partial charge on any atom is -0.495 e. The van der Waals surface area contributed by atoms with Crippen LogP contribution in [0.25, 0.3) is 22.8 Å². The van der Waals surface area contributed by atoms with Crippen molar-refractivity contribution in [3.63, 3.8) is 0 Å². The van der Waals surface area contributed by atoms with Crippen molar-refractivity contribution < 1.29 is 14.3 Å². The highest BCUT2D eigenvalue weighted by molar-refractivity contribution is 6.36. The van der Waals surface area contributed by atoms with E-state index in [0.717, 1.165) is 27.8 Å². The highest BCUT2D eigenvalue weighted by Gasteiger charge is 2.26. The maximum atomic E-state index is 12.0. The average molecular weight is 437 g/mol. The summed E-state index contributed by atoms with van der Waals surface area (Å²) in [6.45, 7) is 3.08. The first-order chi connectivity index (χ1) is 14.3. The number of Topliss-reactive ketones (excluding diaryl/α,β-unsaturated/α-hetero) is 2. The summed E-state index contributed by atoms with van der Waals surface area (Å²) in [7, 11) is 1.55. The minimum absolute atomic E-state index is 0.0130. The van der Waals surface area contributed by atoms with Crippen molar-refractivity contribution in [2.75, 3.05) is 7.11 Å². The summed E-state index contributed by atoms with van der Waals surface area (Å²) in [5, 5.41) is 0.895. The second kappa shape index (κ2) is 7.75. The first kappa shape index (κ1) is 20.4. The van der Waals surface area contributed by atoms with Gasteiger partial charge in [0.2, 0.25) is 0 Å². The average Bonchev–Trinajstić information content (AvgIpc) is 3.00. The second-order valence-corrected chi connectivity index (χ2v) is 8.04. The van der Waals surface area contributed by atoms with E-state index in [2.05, 4.69) is 0 Å². The molecule has 0 aromatic heterocycles. The van der Waals surface area contributed by atoms with E-state index in [-0.39, 0.29) is 11.6 Å². The van der Waals surface area contributed by atoms with Crippen molar-refractivity contribution in [1.29, 1.82) is 0 Å². The molecule has 0 bridgehead atoms. The third-order valence-electron chi connectivity index (χ3n) is 5.26. The zero-order valence-electron chi connectivity index (χ0n) is 16.7. The number of hydrogen-bond acceptors (Lipinski definition) is 3. The molecule has 0 amide bonds. The van der Waals surface area contributed by atoms with Gasteiger partial charge in [-0.1, -0.05) is 47.5 Å². The maximum absolute atomic E-state index is 12.0. The van der Waals surface area contributed by atoms with Crippen LogP contribution in [0.2, 0.25) is 10.0 Å². The molecule has 30 heavy (non-hydrogen) atoms. The van der Waals surface area contributed by atoms with Crippen LogP contribution < -0.4 is 4.74 Å². The van der Waals surface area contributed by atoms with Gasteiger partial charge in [-0.25, -0.2) is 0 Å². The fourth-order valence-electron chi connectivity index (χ4n) is 3.80. The first-order valence-electron chi connectivity index (χ1n) is 9.36. The third kappa shape index (κ3) is 3.45. The molecule has 0 aliphatic heterocycles. The Hall–Kier alpha value is -2.88. The molecule has 0 atom stereocenters. The van der Waals surface area contributed by atoms with Crippen LogP contribution in [0.3, 0.4) is 0 Å². The summed E-state index contributed by atoms with van der Waals surface area (Å²) in [6.07, 6.45) is 1.94. The summed E-state index contributed by atoms with van der Waals surface area (Å²) in [5.41, 5.74) is 6.67. The highest BCUT2D eigenvalue weighted by atomic mass is 35.5. The van der Waals surface area contributed by atoms with E-state index in [1.54, 1.807) is 33.1 Å². The van der Waals surface area contributed by atoms with Gasteiger partial charge in [0.15, 0.2) is 11.6 Å². The molecule has 0 unspecified atom stereocenters. The van der Waals surface area contributed by atoms with E-state index in [1.807, 2.05) is 42.5 Å². The largest absolute Gasteiger partial charge is 0.495 e. The number of halogens is 2. The first-order valence-corrected chi connectivity index (χ1v) is 10.1. The van der Waals surface area contributed by atoms with Crippen LogP contribution in [0.15, 0.2) is 48.5 Å². The van der Waals surface area contributed by atoms with Gasteiger partial charge in [0, 0.05) is 21.7 Å². The smallest absolute Gasteiger partial charge is 0.159 e. The quantitative estimate of drug-likeness (QED) is 0.324. The number of ketones is 2. The number of ether oxygens (including phenoxy) is 1. The van der Waals surface area contributed by atoms with Crippen LogP contribution in [0.4, 0.5) is 0 Å². The lowest BCUT2D eigenvalue weighted by Gasteiger charge is -2.11. The molecular weight excluding hydrogens is 419 g/mol. The van der Waals surface area contributed by atoms with E-state index in [9.17, 15) is 9.59 Å². The topological polar surface area (TPSA) is 43.4 Å². The standard InChI is InChI=1S/C25H18Cl2O3/c1-13(28)15-4-6-19-20-7-5-16(14(2)29)10-22(20)23(21(19)9-15)11-17-8-18(26)12-24(27)25(17)30-3/h4-12H,1-3H3. The van der Waals surface area contributed by atoms with E-state index < -0.39 is 0 Å². The molecule has 4 rings (SSSR count). The van der Waals surface area contributed by atoms with E-state index in [0.29, 0.717) is 32.5 Å². The molecule has 3 aromatic carbocycles. The van der Waals surface area contributed by atoms with Crippen LogP contribution in [0.1, 0.15) is 51.3 Å². The van der Waals surface area contributed by atoms with Crippen LogP contribution in [-0.4, -0.2) is 18.7 Å². The van der Waals surface area contributed by atoms with Gasteiger partial charge in [0.25, 0.3) is 0 Å². The fourth-order valence-corrected chi connectivity index (χ4v) is 4.39. The molecule has 1 aliphatic rings. The molecule has 3 aromatic rings. The van der Waals surface area contributed by atoms with E-state index in [4.69, 9.17) is 27.9 Å². The molecule has 5 heteroatoms. The Morgan fingerprint density at radius 1 is 0.800 bits per heavy atom. The monoisotopic (exact) mass is 436 g/mol. The van der Waals surface area contributed by atoms with Crippen LogP contribution in [-0.2, 0) is 0 Å². The third-order valence-corrected chi connectivity index (χ3v) is 5.76. The van der Waals surface area contributed by atoms with Gasteiger partial charge in [0.05, 0.1) is 12.1 Å². The SMILES string of the molecule is COc1c(Cl)cc(Cl)cc1C=C1c2cc(C(C)=O)ccc2-c2ccc(C(C)=O)cc21. The Kier molecular flexibility index (Phi) is 5.27. The molecule has 3 nitrogen and oxygen atoms in total. The van der Waals surface area contributed by atoms with Gasteiger partial charge in [0.1, 0.15) is 5.75 Å². The molecule has 0 saturated heterocycles. The Balaban J connectivity index is 2.03. The normalized spacial score (nSPS) is 11.7. The van der Waals surface area contributed by atoms with E-state index in [1.165, 1.54) is 0 Å². The van der Waals surface area contributed by atoms with Crippen LogP contribution in [0, 0.1) is 0 Å². The Bertz CT molecular complexity index is 1190. The van der Waals surface area contributed by atoms with Crippen molar-refractivity contribution in [1.82, 2.24) is 0 Å². The second-order valence-electron chi connectivity index (χ2n) is 7.20. The summed E-state index contributed by atoms with van der Waals surface area (Å²) in [5.74, 6) is 0.482. The van der Waals surface area contributed by atoms with Gasteiger partial charge in [-0.2, -0.15) is 0 Å². The number of carbonyl (C=O) groups excluding carboxylic acids is 2. The van der Waals surface area contributed by atoms with Crippen molar-refractivity contribution in [2.24, 2.45) is 0 Å². The summed E-state index contributed by atoms with van der Waals surface area (Å²) in [4.78, 5) is 24.0. The van der Waals surface area contributed by atoms with Crippen molar-refractivity contribution >= 4 is 46.4 Å². The lowest BCUT2D eigenvalue weighted by Crippen LogP contribution is -1.94. The maximum Gasteiger partial charge on any atom is 0.159 e. The zero-order valence-corrected chi connectivity index (χ0v) is 18.2. The molecule has 0 spiro atoms. The van der Waals surface area contributed by atoms with Gasteiger partial charge in [-0.05, 0) is 72.0 Å². The predicted molar refractivity (Wildman–Crippen MR) is 122 cm³/mol. The van der Waals surface area contributed by atoms with Gasteiger partial charge in [-0.15, -0.1) is 0 Å². The van der Waals surface area contributed by atoms with Gasteiger partial charge < -0.3 is 4.74 Å². The van der Waals surface area contributed by atoms with Gasteiger partial charge >= 0.3 is 0 Å². The number of fused-ring (bicyclic) bond motifs is 3. The van der Waals surface area contributed by atoms with Crippen molar-refractivity contribution in [3.8, 4) is 16.9 Å². The fraction of sp³-hybridized carbons (Fsp3) is 0.120. The van der Waals surface area contributed by atoms with Crippen LogP contribution >= 0.6 is 23.2 Å². The molecular formula is C25H18Cl2O3. The molecule has 0 N–H and O–H groups in total. The molecule has 0 radical (unpaired) electrons. The summed E-state index contributed by atoms with van der Waals surface area (Å²) < 4.78 is 5.50. The minimum atomic E-state index is -0.0130. The summed E-state index contributed by atoms with van der Waals surface area (Å²) >= 11 is 12.6. The number of hydrogen-bond donors (Lipinski definition) is 0. The molecule has 1 aliphatic carbocycles. The van der Waals surface area contributed by atoms with Crippen molar-refractivity contribution in [3.05, 3.63) is 86.4 Å². The Morgan fingerprint density at radius 2 is 1.33 bits per heavy atom. The molecule has 150 valence electrons. The predicted octanol–water partition coefficient (Wildman–Crippen LogP) is 6.98. The lowest BCUT2D eigenvalue weighted by atomic mass is 9.97. The van der Waals surface area contributed by atoms with Crippen molar-refractivity contribution in [2.45, 2.75) is 13.8 Å². The molecule has 0 fully saturated rings. The number of benzene rings is 3. The Morgan fingerprint density at radius 3 is 1.80 bits per heavy atom. The van der Waals surface area contributed by atoms with E-state index >= 15 is 0 Å². The summed E-state index contributed by atoms with van der Waals surface area (Å²) in [6, 6.07) is 14.7. The Labute approximate surface area is 184 Å². The highest BCUT2D eigenvalue weighted by Crippen LogP contribution is 2.47. The molecule has 0 heterocycles. The number of carbonyl (C=O) groups is 2. The number of rotatable bonds is 4. The number of methoxy groups -OCH3 is 1.